The monoisotopic (exact) mass is 282 g/mol. The summed E-state index contributed by atoms with van der Waals surface area (Å²) in [6.45, 7) is 15.2. The average molecular weight is 282 g/mol. The van der Waals surface area contributed by atoms with Crippen LogP contribution in [0.4, 0.5) is 0 Å². The van der Waals surface area contributed by atoms with Crippen molar-refractivity contribution in [1.82, 2.24) is 0 Å². The van der Waals surface area contributed by atoms with Crippen LogP contribution in [0.2, 0.25) is 18.1 Å². The number of hydrogen-bond acceptors (Lipinski definition) is 2. The zero-order chi connectivity index (χ0) is 14.7. The minimum absolute atomic E-state index is 0.234. The lowest BCUT2D eigenvalue weighted by Crippen LogP contribution is -2.47. The molecule has 0 heterocycles. The first kappa shape index (κ1) is 16.6. The second-order valence-corrected chi connectivity index (χ2v) is 12.1. The maximum atomic E-state index is 11.7. The molecule has 0 N–H and O–H groups in total. The van der Waals surface area contributed by atoms with Crippen LogP contribution in [-0.2, 0) is 9.22 Å². The number of Topliss-reactive ketones (excluding diaryl/α,β-unsaturated/α-hetero) is 1. The minimum Gasteiger partial charge on any atom is -0.414 e. The molecular formula is C16H30O2Si. The van der Waals surface area contributed by atoms with Crippen molar-refractivity contribution in [2.24, 2.45) is 5.92 Å². The highest BCUT2D eigenvalue weighted by atomic mass is 28.4. The molecule has 0 unspecified atom stereocenters. The van der Waals surface area contributed by atoms with Crippen molar-refractivity contribution in [1.29, 1.82) is 0 Å². The Morgan fingerprint density at radius 3 is 2.58 bits per heavy atom. The quantitative estimate of drug-likeness (QED) is 0.539. The van der Waals surface area contributed by atoms with Crippen molar-refractivity contribution in [3.63, 3.8) is 0 Å². The molecule has 2 atom stereocenters. The van der Waals surface area contributed by atoms with Crippen molar-refractivity contribution in [2.45, 2.75) is 77.1 Å². The molecule has 1 fully saturated rings. The summed E-state index contributed by atoms with van der Waals surface area (Å²) in [5.74, 6) is 0.803. The van der Waals surface area contributed by atoms with Crippen LogP contribution in [-0.4, -0.2) is 20.2 Å². The van der Waals surface area contributed by atoms with Crippen molar-refractivity contribution >= 4 is 14.1 Å². The molecule has 0 bridgehead atoms. The van der Waals surface area contributed by atoms with E-state index in [4.69, 9.17) is 4.43 Å². The summed E-state index contributed by atoms with van der Waals surface area (Å²) in [6, 6.07) is 0. The molecule has 3 heteroatoms. The molecule has 0 aromatic carbocycles. The van der Waals surface area contributed by atoms with E-state index in [1.54, 1.807) is 0 Å². The second kappa shape index (κ2) is 6.36. The first-order valence-corrected chi connectivity index (χ1v) is 10.4. The highest BCUT2D eigenvalue weighted by molar-refractivity contribution is 6.74. The van der Waals surface area contributed by atoms with Gasteiger partial charge in [-0.3, -0.25) is 4.79 Å². The molecule has 0 aromatic rings. The number of rotatable bonds is 5. The maximum absolute atomic E-state index is 11.7. The number of allylic oxidation sites excluding steroid dienone is 1. The Morgan fingerprint density at radius 2 is 2.05 bits per heavy atom. The summed E-state index contributed by atoms with van der Waals surface area (Å²) in [5, 5.41) is 0.234. The molecule has 110 valence electrons. The molecule has 0 radical (unpaired) electrons. The summed E-state index contributed by atoms with van der Waals surface area (Å²) in [4.78, 5) is 11.7. The van der Waals surface area contributed by atoms with Crippen molar-refractivity contribution in [3.8, 4) is 0 Å². The van der Waals surface area contributed by atoms with Gasteiger partial charge in [-0.05, 0) is 43.3 Å². The number of carbonyl (C=O) groups excluding carboxylic acids is 1. The van der Waals surface area contributed by atoms with Gasteiger partial charge in [-0.1, -0.05) is 26.8 Å². The standard InChI is InChI=1S/C16H30O2Si/c1-7-8-9-13-12-14(17)10-11-15(13)18-19(5,6)16(2,3)4/h7,13,15H,1,8-12H2,2-6H3/t13-,15-/m1/s1. The minimum atomic E-state index is -1.73. The van der Waals surface area contributed by atoms with E-state index in [1.165, 1.54) is 0 Å². The Kier molecular flexibility index (Phi) is 5.57. The highest BCUT2D eigenvalue weighted by Gasteiger charge is 2.41. The van der Waals surface area contributed by atoms with Crippen molar-refractivity contribution < 1.29 is 9.22 Å². The molecule has 1 rings (SSSR count). The third-order valence-electron chi connectivity index (χ3n) is 4.72. The Morgan fingerprint density at radius 1 is 1.42 bits per heavy atom. The fraction of sp³-hybridized carbons (Fsp3) is 0.812. The molecule has 0 amide bonds. The van der Waals surface area contributed by atoms with E-state index in [2.05, 4.69) is 40.4 Å². The highest BCUT2D eigenvalue weighted by Crippen LogP contribution is 2.40. The van der Waals surface area contributed by atoms with Gasteiger partial charge in [0.15, 0.2) is 8.32 Å². The molecule has 0 saturated heterocycles. The second-order valence-electron chi connectivity index (χ2n) is 7.32. The first-order chi connectivity index (χ1) is 8.67. The lowest BCUT2D eigenvalue weighted by atomic mass is 9.83. The Labute approximate surface area is 119 Å². The predicted molar refractivity (Wildman–Crippen MR) is 83.8 cm³/mol. The normalized spacial score (nSPS) is 25.4. The van der Waals surface area contributed by atoms with E-state index in [0.29, 0.717) is 24.5 Å². The molecule has 19 heavy (non-hydrogen) atoms. The number of ketones is 1. The van der Waals surface area contributed by atoms with Gasteiger partial charge < -0.3 is 4.43 Å². The van der Waals surface area contributed by atoms with Gasteiger partial charge in [-0.15, -0.1) is 6.58 Å². The summed E-state index contributed by atoms with van der Waals surface area (Å²) in [5.41, 5.74) is 0. The zero-order valence-corrected chi connectivity index (χ0v) is 14.3. The molecule has 2 nitrogen and oxygen atoms in total. The molecule has 0 aliphatic heterocycles. The van der Waals surface area contributed by atoms with Crippen LogP contribution < -0.4 is 0 Å². The van der Waals surface area contributed by atoms with E-state index in [0.717, 1.165) is 19.3 Å². The smallest absolute Gasteiger partial charge is 0.192 e. The molecule has 1 aliphatic rings. The molecular weight excluding hydrogens is 252 g/mol. The van der Waals surface area contributed by atoms with Crippen LogP contribution in [0, 0.1) is 5.92 Å². The van der Waals surface area contributed by atoms with E-state index in [9.17, 15) is 4.79 Å². The van der Waals surface area contributed by atoms with Gasteiger partial charge in [0.25, 0.3) is 0 Å². The van der Waals surface area contributed by atoms with Gasteiger partial charge >= 0.3 is 0 Å². The topological polar surface area (TPSA) is 26.3 Å². The zero-order valence-electron chi connectivity index (χ0n) is 13.3. The Balaban J connectivity index is 2.72. The van der Waals surface area contributed by atoms with Gasteiger partial charge in [-0.25, -0.2) is 0 Å². The lowest BCUT2D eigenvalue weighted by molar-refractivity contribution is -0.124. The average Bonchev–Trinajstić information content (AvgIpc) is 2.27. The third kappa shape index (κ3) is 4.57. The van der Waals surface area contributed by atoms with Gasteiger partial charge in [0.05, 0.1) is 0 Å². The van der Waals surface area contributed by atoms with Crippen LogP contribution in [0.5, 0.6) is 0 Å². The Hall–Kier alpha value is -0.413. The van der Waals surface area contributed by atoms with E-state index in [1.807, 2.05) is 6.08 Å². The van der Waals surface area contributed by atoms with Crippen LogP contribution in [0.15, 0.2) is 12.7 Å². The Bertz CT molecular complexity index is 328. The third-order valence-corrected chi connectivity index (χ3v) is 9.22. The fourth-order valence-corrected chi connectivity index (χ4v) is 3.82. The first-order valence-electron chi connectivity index (χ1n) is 7.48. The van der Waals surface area contributed by atoms with Crippen molar-refractivity contribution in [3.05, 3.63) is 12.7 Å². The van der Waals surface area contributed by atoms with Crippen LogP contribution in [0.3, 0.4) is 0 Å². The van der Waals surface area contributed by atoms with Crippen molar-refractivity contribution in [2.75, 3.05) is 0 Å². The van der Waals surface area contributed by atoms with Gasteiger partial charge in [0.1, 0.15) is 5.78 Å². The fourth-order valence-electron chi connectivity index (χ4n) is 2.40. The van der Waals surface area contributed by atoms with Gasteiger partial charge in [0, 0.05) is 18.9 Å². The van der Waals surface area contributed by atoms with Crippen LogP contribution in [0.1, 0.15) is 52.9 Å². The van der Waals surface area contributed by atoms with E-state index >= 15 is 0 Å². The predicted octanol–water partition coefficient (Wildman–Crippen LogP) is 4.71. The largest absolute Gasteiger partial charge is 0.414 e. The molecule has 0 spiro atoms. The SMILES string of the molecule is C=CCC[C@@H]1CC(=O)CC[C@H]1O[Si](C)(C)C(C)(C)C. The van der Waals surface area contributed by atoms with Gasteiger partial charge in [0.2, 0.25) is 0 Å². The molecule has 1 aliphatic carbocycles. The van der Waals surface area contributed by atoms with Crippen LogP contribution in [0.25, 0.3) is 0 Å². The number of hydrogen-bond donors (Lipinski definition) is 0. The molecule has 1 saturated carbocycles. The van der Waals surface area contributed by atoms with E-state index in [-0.39, 0.29) is 11.1 Å². The number of carbonyl (C=O) groups is 1. The van der Waals surface area contributed by atoms with Crippen LogP contribution >= 0.6 is 0 Å². The van der Waals surface area contributed by atoms with Gasteiger partial charge in [-0.2, -0.15) is 0 Å². The summed E-state index contributed by atoms with van der Waals surface area (Å²) < 4.78 is 6.55. The summed E-state index contributed by atoms with van der Waals surface area (Å²) in [7, 11) is -1.73. The molecule has 0 aromatic heterocycles. The van der Waals surface area contributed by atoms with E-state index < -0.39 is 8.32 Å². The summed E-state index contributed by atoms with van der Waals surface area (Å²) in [6.07, 6.45) is 6.55. The lowest BCUT2D eigenvalue weighted by Gasteiger charge is -2.42. The summed E-state index contributed by atoms with van der Waals surface area (Å²) >= 11 is 0. The maximum Gasteiger partial charge on any atom is 0.192 e.